The van der Waals surface area contributed by atoms with Gasteiger partial charge in [-0.15, -0.1) is 0 Å². The van der Waals surface area contributed by atoms with E-state index in [0.717, 1.165) is 21.9 Å². The number of anilines is 1. The third-order valence-corrected chi connectivity index (χ3v) is 11.1. The van der Waals surface area contributed by atoms with Gasteiger partial charge in [0.1, 0.15) is 16.9 Å². The molecule has 7 nitrogen and oxygen atoms in total. The van der Waals surface area contributed by atoms with Crippen LogP contribution in [0.3, 0.4) is 0 Å². The van der Waals surface area contributed by atoms with Gasteiger partial charge in [0.05, 0.1) is 12.5 Å². The van der Waals surface area contributed by atoms with Crippen LogP contribution in [0, 0.1) is 10.1 Å². The quantitative estimate of drug-likeness (QED) is 0.147. The molecule has 8 heteroatoms. The van der Waals surface area contributed by atoms with Gasteiger partial charge in [0, 0.05) is 38.7 Å². The molecular weight excluding hydrogens is 636 g/mol. The number of amides is 1. The van der Waals surface area contributed by atoms with E-state index in [1.807, 2.05) is 97.1 Å². The zero-order chi connectivity index (χ0) is 33.5. The molecule has 0 unspecified atom stereocenters. The summed E-state index contributed by atoms with van der Waals surface area (Å²) in [5.74, 6) is -0.432. The molecule has 1 aliphatic heterocycles. The summed E-state index contributed by atoms with van der Waals surface area (Å²) in [7, 11) is 0. The number of fused-ring (bicyclic) bond motifs is 4. The first kappa shape index (κ1) is 29.9. The average Bonchev–Trinajstić information content (AvgIpc) is 3.62. The predicted octanol–water partition coefficient (Wildman–Crippen LogP) is 8.55. The maximum absolute atomic E-state index is 15.8. The number of benzene rings is 5. The smallest absolute Gasteiger partial charge is 0.254 e. The third kappa shape index (κ3) is 4.15. The number of hydrogen-bond donors (Lipinski definition) is 1. The number of carbonyl (C=O) groups excluding carboxylic acids is 1. The maximum Gasteiger partial charge on any atom is 0.254 e. The van der Waals surface area contributed by atoms with Crippen molar-refractivity contribution in [2.75, 3.05) is 4.90 Å². The van der Waals surface area contributed by atoms with Crippen molar-refractivity contribution in [3.05, 3.63) is 170 Å². The molecule has 0 fully saturated rings. The second-order valence-corrected chi connectivity index (χ2v) is 13.8. The van der Waals surface area contributed by atoms with Gasteiger partial charge >= 0.3 is 0 Å². The van der Waals surface area contributed by atoms with Gasteiger partial charge in [-0.25, -0.2) is 0 Å². The van der Waals surface area contributed by atoms with Crippen LogP contribution in [-0.4, -0.2) is 22.0 Å². The first-order valence-electron chi connectivity index (χ1n) is 16.5. The summed E-state index contributed by atoms with van der Waals surface area (Å²) in [6.45, 7) is 0.268. The highest BCUT2D eigenvalue weighted by molar-refractivity contribution is 6.30. The Bertz CT molecular complexity index is 2300. The molecule has 0 bridgehead atoms. The number of halogens is 1. The van der Waals surface area contributed by atoms with Crippen LogP contribution in [0.25, 0.3) is 22.1 Å². The van der Waals surface area contributed by atoms with Gasteiger partial charge in [-0.1, -0.05) is 109 Å². The van der Waals surface area contributed by atoms with Crippen LogP contribution in [0.1, 0.15) is 52.3 Å². The highest BCUT2D eigenvalue weighted by atomic mass is 35.5. The molecule has 9 rings (SSSR count). The minimum atomic E-state index is -1.89. The van der Waals surface area contributed by atoms with Crippen molar-refractivity contribution in [1.29, 1.82) is 0 Å². The van der Waals surface area contributed by atoms with Crippen LogP contribution in [-0.2, 0) is 28.8 Å². The molecule has 3 aliphatic rings. The van der Waals surface area contributed by atoms with Crippen LogP contribution in [0.4, 0.5) is 5.69 Å². The van der Waals surface area contributed by atoms with Gasteiger partial charge in [0.25, 0.3) is 6.04 Å². The molecule has 0 radical (unpaired) electrons. The fourth-order valence-electron chi connectivity index (χ4n) is 8.97. The van der Waals surface area contributed by atoms with Crippen molar-refractivity contribution < 1.29 is 19.2 Å². The number of furan rings is 1. The summed E-state index contributed by atoms with van der Waals surface area (Å²) in [6, 6.07) is 36.7. The van der Waals surface area contributed by atoms with E-state index in [1.165, 1.54) is 0 Å². The highest BCUT2D eigenvalue weighted by Gasteiger charge is 2.73. The lowest BCUT2D eigenvalue weighted by Crippen LogP contribution is -2.62. The number of aliphatic hydroxyl groups is 1. The minimum Gasteiger partial charge on any atom is -0.460 e. The number of para-hydroxylation sites is 1. The largest absolute Gasteiger partial charge is 0.460 e. The zero-order valence-electron chi connectivity index (χ0n) is 26.4. The van der Waals surface area contributed by atoms with Crippen molar-refractivity contribution in [2.24, 2.45) is 0 Å². The summed E-state index contributed by atoms with van der Waals surface area (Å²) in [6.07, 6.45) is 1.16. The SMILES string of the molecule is O=C1N(Cc2ccccc2)c2ccccc2[C@@]12c1c(-c3ccc4ccccc4c3)oc3c1[C@@](O)(CCC3)[C@H]([N+](=O)[O-])[C@H]2c1ccc(Cl)cc1. The fraction of sp³-hybridized carbons (Fsp3) is 0.195. The molecule has 242 valence electrons. The maximum atomic E-state index is 15.8. The zero-order valence-corrected chi connectivity index (χ0v) is 27.1. The van der Waals surface area contributed by atoms with Gasteiger partial charge in [0.2, 0.25) is 5.91 Å². The summed E-state index contributed by atoms with van der Waals surface area (Å²) in [5, 5.41) is 28.9. The first-order chi connectivity index (χ1) is 23.8. The van der Waals surface area contributed by atoms with Crippen LogP contribution in [0.5, 0.6) is 0 Å². The van der Waals surface area contributed by atoms with E-state index in [4.69, 9.17) is 16.0 Å². The average molecular weight is 667 g/mol. The number of rotatable bonds is 5. The molecule has 49 heavy (non-hydrogen) atoms. The molecule has 6 aromatic rings. The second kappa shape index (κ2) is 10.9. The molecular formula is C41H31ClN2O5. The van der Waals surface area contributed by atoms with Crippen LogP contribution < -0.4 is 4.90 Å². The van der Waals surface area contributed by atoms with E-state index in [0.29, 0.717) is 57.3 Å². The Kier molecular flexibility index (Phi) is 6.64. The van der Waals surface area contributed by atoms with Gasteiger partial charge in [-0.05, 0) is 64.6 Å². The molecule has 1 amide bonds. The molecule has 4 atom stereocenters. The lowest BCUT2D eigenvalue weighted by Gasteiger charge is -2.49. The molecule has 2 aliphatic carbocycles. The number of hydrogen-bond acceptors (Lipinski definition) is 5. The summed E-state index contributed by atoms with van der Waals surface area (Å²) >= 11 is 6.38. The standard InChI is InChI=1S/C41H31ClN2O5/c42-30-20-18-27(19-21-30)34-38(44(47)48)40(46)22-8-15-33-35(40)36(37(49-33)29-17-16-26-11-4-5-12-28(26)23-29)41(34)31-13-6-7-14-32(31)43(39(41)45)24-25-9-2-1-3-10-25/h1-7,9-14,16-21,23,34,38,46H,8,15,22,24H2/t34-,38-,40+,41-/m1/s1. The van der Waals surface area contributed by atoms with Crippen LogP contribution in [0.2, 0.25) is 5.02 Å². The van der Waals surface area contributed by atoms with Crippen molar-refractivity contribution in [1.82, 2.24) is 0 Å². The van der Waals surface area contributed by atoms with Crippen molar-refractivity contribution >= 4 is 34.0 Å². The van der Waals surface area contributed by atoms with Crippen LogP contribution >= 0.6 is 11.6 Å². The van der Waals surface area contributed by atoms with E-state index in [1.54, 1.807) is 29.2 Å². The van der Waals surface area contributed by atoms with Gasteiger partial charge < -0.3 is 14.4 Å². The van der Waals surface area contributed by atoms with Crippen molar-refractivity contribution in [2.45, 2.75) is 48.8 Å². The van der Waals surface area contributed by atoms with E-state index in [2.05, 4.69) is 0 Å². The van der Waals surface area contributed by atoms with Crippen molar-refractivity contribution in [3.8, 4) is 11.3 Å². The first-order valence-corrected chi connectivity index (χ1v) is 16.9. The topological polar surface area (TPSA) is 96.8 Å². The lowest BCUT2D eigenvalue weighted by molar-refractivity contribution is -0.556. The van der Waals surface area contributed by atoms with E-state index >= 15 is 4.79 Å². The summed E-state index contributed by atoms with van der Waals surface area (Å²) in [5.41, 5.74) is 0.955. The number of nitro groups is 1. The number of aryl methyl sites for hydroxylation is 1. The Labute approximate surface area is 287 Å². The Morgan fingerprint density at radius 3 is 2.37 bits per heavy atom. The molecule has 0 saturated carbocycles. The lowest BCUT2D eigenvalue weighted by atomic mass is 9.51. The molecule has 2 heterocycles. The molecule has 5 aromatic carbocycles. The van der Waals surface area contributed by atoms with Crippen LogP contribution in [0.15, 0.2) is 126 Å². The fourth-order valence-corrected chi connectivity index (χ4v) is 9.10. The highest BCUT2D eigenvalue weighted by Crippen LogP contribution is 2.66. The Balaban J connectivity index is 1.42. The Morgan fingerprint density at radius 1 is 0.878 bits per heavy atom. The van der Waals surface area contributed by atoms with E-state index < -0.39 is 23.0 Å². The predicted molar refractivity (Wildman–Crippen MR) is 188 cm³/mol. The van der Waals surface area contributed by atoms with Gasteiger partial charge in [0.15, 0.2) is 5.60 Å². The van der Waals surface area contributed by atoms with Gasteiger partial charge in [-0.3, -0.25) is 14.9 Å². The second-order valence-electron chi connectivity index (χ2n) is 13.4. The number of carbonyl (C=O) groups is 1. The van der Waals surface area contributed by atoms with E-state index in [-0.39, 0.29) is 23.8 Å². The van der Waals surface area contributed by atoms with E-state index in [9.17, 15) is 15.2 Å². The monoisotopic (exact) mass is 666 g/mol. The minimum absolute atomic E-state index is 0.166. The Morgan fingerprint density at radius 2 is 1.59 bits per heavy atom. The van der Waals surface area contributed by atoms with Crippen molar-refractivity contribution in [3.63, 3.8) is 0 Å². The molecule has 1 N–H and O–H groups in total. The molecule has 0 saturated heterocycles. The number of nitrogens with zero attached hydrogens (tertiary/aromatic N) is 2. The molecule has 1 aromatic heterocycles. The normalized spacial score (nSPS) is 23.9. The third-order valence-electron chi connectivity index (χ3n) is 10.9. The summed E-state index contributed by atoms with van der Waals surface area (Å²) < 4.78 is 6.80. The van der Waals surface area contributed by atoms with Gasteiger partial charge in [-0.2, -0.15) is 0 Å². The molecule has 1 spiro atoms. The Hall–Kier alpha value is -5.24. The summed E-state index contributed by atoms with van der Waals surface area (Å²) in [4.78, 5) is 30.7.